The summed E-state index contributed by atoms with van der Waals surface area (Å²) in [7, 11) is 0. The first kappa shape index (κ1) is 45.8. The van der Waals surface area contributed by atoms with Crippen LogP contribution in [0.15, 0.2) is 0 Å². The molecule has 1 rings (SSSR count). The van der Waals surface area contributed by atoms with Gasteiger partial charge in [0.05, 0.1) is 6.61 Å². The molecule has 0 aromatic heterocycles. The second-order valence-electron chi connectivity index (χ2n) is 14.8. The summed E-state index contributed by atoms with van der Waals surface area (Å²) in [4.78, 5) is 0. The van der Waals surface area contributed by atoms with Crippen molar-refractivity contribution in [1.29, 1.82) is 0 Å². The van der Waals surface area contributed by atoms with E-state index in [9.17, 15) is 10.2 Å². The Labute approximate surface area is 299 Å². The zero-order valence-corrected chi connectivity index (χ0v) is 32.5. The number of unbranched alkanes of at least 4 members (excludes halogenated alkanes) is 27. The van der Waals surface area contributed by atoms with E-state index in [-0.39, 0.29) is 6.61 Å². The quantitative estimate of drug-likeness (QED) is 0.0634. The highest BCUT2D eigenvalue weighted by Crippen LogP contribution is 2.26. The van der Waals surface area contributed by atoms with E-state index in [0.717, 1.165) is 32.1 Å². The molecule has 1 saturated heterocycles. The van der Waals surface area contributed by atoms with Crippen LogP contribution in [0.4, 0.5) is 0 Å². The second-order valence-corrected chi connectivity index (χ2v) is 14.8. The lowest BCUT2D eigenvalue weighted by Gasteiger charge is -2.42. The molecule has 1 fully saturated rings. The Morgan fingerprint density at radius 2 is 0.708 bits per heavy atom. The summed E-state index contributed by atoms with van der Waals surface area (Å²) in [5, 5.41) is 22.3. The van der Waals surface area contributed by atoms with Crippen LogP contribution in [0.25, 0.3) is 0 Å². The van der Waals surface area contributed by atoms with Crippen LogP contribution in [0.5, 0.6) is 0 Å². The van der Waals surface area contributed by atoms with Crippen molar-refractivity contribution in [2.24, 2.45) is 0 Å². The van der Waals surface area contributed by atoms with Crippen molar-refractivity contribution < 1.29 is 29.2 Å². The zero-order chi connectivity index (χ0) is 34.8. The molecule has 0 spiro atoms. The monoisotopic (exact) mass is 685 g/mol. The van der Waals surface area contributed by atoms with Gasteiger partial charge in [0.1, 0.15) is 24.4 Å². The molecule has 2 N–H and O–H groups in total. The molecule has 0 saturated carbocycles. The first-order chi connectivity index (χ1) is 23.7. The predicted octanol–water partition coefficient (Wildman–Crippen LogP) is 11.6. The predicted molar refractivity (Wildman–Crippen MR) is 203 cm³/mol. The Balaban J connectivity index is 2.37. The van der Waals surface area contributed by atoms with Gasteiger partial charge in [-0.15, -0.1) is 0 Å². The van der Waals surface area contributed by atoms with Crippen LogP contribution in [0.2, 0.25) is 0 Å². The van der Waals surface area contributed by atoms with Crippen LogP contribution in [0, 0.1) is 0 Å². The van der Waals surface area contributed by atoms with Gasteiger partial charge in [0.25, 0.3) is 0 Å². The van der Waals surface area contributed by atoms with Crippen LogP contribution in [0.1, 0.15) is 213 Å². The number of rotatable bonds is 37. The fraction of sp³-hybridized carbons (Fsp3) is 1.00. The van der Waals surface area contributed by atoms with E-state index in [4.69, 9.17) is 18.9 Å². The number of hydrogen-bond acceptors (Lipinski definition) is 6. The van der Waals surface area contributed by atoms with Crippen molar-refractivity contribution in [2.75, 3.05) is 26.4 Å². The zero-order valence-electron chi connectivity index (χ0n) is 32.5. The molecule has 1 aliphatic heterocycles. The number of ether oxygens (including phenoxy) is 4. The molecule has 0 bridgehead atoms. The normalized spacial score (nSPS) is 21.3. The average Bonchev–Trinajstić information content (AvgIpc) is 3.09. The van der Waals surface area contributed by atoms with Gasteiger partial charge < -0.3 is 29.2 Å². The van der Waals surface area contributed by atoms with Crippen LogP contribution in [-0.2, 0) is 18.9 Å². The molecule has 0 radical (unpaired) electrons. The van der Waals surface area contributed by atoms with Gasteiger partial charge in [-0.1, -0.05) is 194 Å². The fourth-order valence-electron chi connectivity index (χ4n) is 6.92. The molecule has 0 aromatic rings. The summed E-state index contributed by atoms with van der Waals surface area (Å²) >= 11 is 0. The molecule has 0 aromatic carbocycles. The number of aliphatic hydroxyl groups is 2. The molecule has 0 aliphatic carbocycles. The van der Waals surface area contributed by atoms with E-state index in [1.165, 1.54) is 161 Å². The Morgan fingerprint density at radius 1 is 0.396 bits per heavy atom. The number of aliphatic hydroxyl groups excluding tert-OH is 2. The van der Waals surface area contributed by atoms with Crippen molar-refractivity contribution in [2.45, 2.75) is 244 Å². The lowest BCUT2D eigenvalue weighted by atomic mass is 9.98. The van der Waals surface area contributed by atoms with Gasteiger partial charge in [0, 0.05) is 19.8 Å². The van der Waals surface area contributed by atoms with E-state index in [1.807, 2.05) is 0 Å². The maximum atomic E-state index is 11.3. The standard InChI is InChI=1S/C42H84O6/c1-4-7-10-13-16-19-22-25-28-31-34-45-37-38-39(43)40(46-35-32-29-26-23-20-17-14-11-8-5-2)41(42(44)48-38)47-36-33-30-27-24-21-18-15-12-9-6-3/h38-44H,4-37H2,1-3H3/t38-,39-,40+,41-,42-/m1/s1. The maximum absolute atomic E-state index is 11.3. The molecule has 6 heteroatoms. The SMILES string of the molecule is CCCCCCCCCCCCOC[C@H]1O[C@@H](O)[C@H](OCCCCCCCCCCCC)[C@@H](OCCCCCCCCCCCC)[C@@H]1O. The van der Waals surface area contributed by atoms with Gasteiger partial charge in [-0.3, -0.25) is 0 Å². The van der Waals surface area contributed by atoms with E-state index in [0.29, 0.717) is 19.8 Å². The van der Waals surface area contributed by atoms with E-state index in [2.05, 4.69) is 20.8 Å². The van der Waals surface area contributed by atoms with E-state index < -0.39 is 30.7 Å². The summed E-state index contributed by atoms with van der Waals surface area (Å²) in [6.45, 7) is 8.83. The van der Waals surface area contributed by atoms with Crippen molar-refractivity contribution >= 4 is 0 Å². The highest BCUT2D eigenvalue weighted by Gasteiger charge is 2.46. The minimum atomic E-state index is -1.12. The van der Waals surface area contributed by atoms with Crippen molar-refractivity contribution in [3.63, 3.8) is 0 Å². The summed E-state index contributed by atoms with van der Waals surface area (Å²) < 4.78 is 24.3. The first-order valence-corrected chi connectivity index (χ1v) is 21.5. The highest BCUT2D eigenvalue weighted by atomic mass is 16.7. The van der Waals surface area contributed by atoms with E-state index in [1.54, 1.807) is 0 Å². The minimum absolute atomic E-state index is 0.263. The van der Waals surface area contributed by atoms with Gasteiger partial charge >= 0.3 is 0 Å². The van der Waals surface area contributed by atoms with Gasteiger partial charge in [-0.2, -0.15) is 0 Å². The fourth-order valence-corrected chi connectivity index (χ4v) is 6.92. The third-order valence-corrected chi connectivity index (χ3v) is 10.2. The molecule has 1 aliphatic rings. The third-order valence-electron chi connectivity index (χ3n) is 10.2. The molecule has 6 nitrogen and oxygen atoms in total. The molecule has 5 atom stereocenters. The smallest absolute Gasteiger partial charge is 0.184 e. The van der Waals surface area contributed by atoms with Gasteiger partial charge in [-0.25, -0.2) is 0 Å². The third kappa shape index (κ3) is 25.7. The number of hydrogen-bond donors (Lipinski definition) is 2. The van der Waals surface area contributed by atoms with E-state index >= 15 is 0 Å². The van der Waals surface area contributed by atoms with Crippen LogP contribution < -0.4 is 0 Å². The summed E-state index contributed by atoms with van der Waals surface area (Å²) in [5.41, 5.74) is 0. The van der Waals surface area contributed by atoms with Crippen LogP contribution in [0.3, 0.4) is 0 Å². The minimum Gasteiger partial charge on any atom is -0.387 e. The second kappa shape index (κ2) is 35.2. The Bertz CT molecular complexity index is 633. The molecular weight excluding hydrogens is 600 g/mol. The summed E-state index contributed by atoms with van der Waals surface area (Å²) in [5.74, 6) is 0. The largest absolute Gasteiger partial charge is 0.387 e. The summed E-state index contributed by atoms with van der Waals surface area (Å²) in [6, 6.07) is 0. The molecule has 48 heavy (non-hydrogen) atoms. The molecule has 288 valence electrons. The van der Waals surface area contributed by atoms with Crippen molar-refractivity contribution in [3.8, 4) is 0 Å². The summed E-state index contributed by atoms with van der Waals surface area (Å²) in [6.07, 6.45) is 34.3. The van der Waals surface area contributed by atoms with Crippen molar-refractivity contribution in [1.82, 2.24) is 0 Å². The first-order valence-electron chi connectivity index (χ1n) is 21.5. The molecule has 1 heterocycles. The van der Waals surface area contributed by atoms with Gasteiger partial charge in [-0.05, 0) is 19.3 Å². The Hall–Kier alpha value is -0.240. The molecule has 0 unspecified atom stereocenters. The van der Waals surface area contributed by atoms with Gasteiger partial charge in [0.2, 0.25) is 0 Å². The lowest BCUT2D eigenvalue weighted by molar-refractivity contribution is -0.305. The topological polar surface area (TPSA) is 77.4 Å². The van der Waals surface area contributed by atoms with Gasteiger partial charge in [0.15, 0.2) is 6.29 Å². The van der Waals surface area contributed by atoms with Crippen LogP contribution in [-0.4, -0.2) is 67.3 Å². The van der Waals surface area contributed by atoms with Crippen LogP contribution >= 0.6 is 0 Å². The molecular formula is C42H84O6. The molecule has 0 amide bonds. The average molecular weight is 685 g/mol. The van der Waals surface area contributed by atoms with Crippen molar-refractivity contribution in [3.05, 3.63) is 0 Å². The lowest BCUT2D eigenvalue weighted by Crippen LogP contribution is -2.60. The maximum Gasteiger partial charge on any atom is 0.184 e. The Kier molecular flexibility index (Phi) is 33.5. The Morgan fingerprint density at radius 3 is 1.08 bits per heavy atom. The highest BCUT2D eigenvalue weighted by molar-refractivity contribution is 4.91.